The predicted molar refractivity (Wildman–Crippen MR) is 114 cm³/mol. The molecule has 0 bridgehead atoms. The number of nitrogens with two attached hydrogens (primary N) is 1. The van der Waals surface area contributed by atoms with Crippen LogP contribution in [0.25, 0.3) is 10.6 Å². The van der Waals surface area contributed by atoms with E-state index in [1.165, 1.54) is 17.0 Å². The van der Waals surface area contributed by atoms with E-state index in [4.69, 9.17) is 11.0 Å². The summed E-state index contributed by atoms with van der Waals surface area (Å²) in [6.45, 7) is 7.06. The number of anilines is 2. The van der Waals surface area contributed by atoms with Crippen LogP contribution < -0.4 is 15.5 Å². The Morgan fingerprint density at radius 3 is 2.62 bits per heavy atom. The molecule has 0 spiro atoms. The molecule has 152 valence electrons. The number of carbonyl (C=O) groups excluding carboxylic acids is 1. The van der Waals surface area contributed by atoms with E-state index in [-0.39, 0.29) is 11.9 Å². The van der Waals surface area contributed by atoms with Crippen molar-refractivity contribution >= 4 is 28.1 Å². The Bertz CT molecular complexity index is 898. The monoisotopic (exact) mass is 411 g/mol. The first-order chi connectivity index (χ1) is 14.0. The Hall–Kier alpha value is -2.70. The standard InChI is InChI=1S/C20H25N7OS/c1-14-12-17(18(22)28)27(13-14)20-24-23-19(29-20)15-2-4-16(5-3-15)26-10-8-25(7-6-21)9-11-26/h2-5,14,17H,7-13H2,1H3,(H2,22,28)/t14-,17-/m0/s1. The fourth-order valence-electron chi connectivity index (χ4n) is 4.05. The van der Waals surface area contributed by atoms with E-state index in [0.717, 1.165) is 54.8 Å². The van der Waals surface area contributed by atoms with Crippen LogP contribution in [0.5, 0.6) is 0 Å². The number of piperazine rings is 1. The van der Waals surface area contributed by atoms with Gasteiger partial charge in [-0.25, -0.2) is 0 Å². The summed E-state index contributed by atoms with van der Waals surface area (Å²) in [4.78, 5) is 18.3. The third kappa shape index (κ3) is 4.18. The average Bonchev–Trinajstić information content (AvgIpc) is 3.36. The summed E-state index contributed by atoms with van der Waals surface area (Å²) in [7, 11) is 0. The van der Waals surface area contributed by atoms with Gasteiger partial charge in [0.2, 0.25) is 11.0 Å². The molecule has 8 nitrogen and oxygen atoms in total. The summed E-state index contributed by atoms with van der Waals surface area (Å²) in [5.74, 6) is 0.109. The zero-order valence-corrected chi connectivity index (χ0v) is 17.3. The molecule has 1 amide bonds. The van der Waals surface area contributed by atoms with E-state index in [0.29, 0.717) is 12.5 Å². The topological polar surface area (TPSA) is 102 Å². The van der Waals surface area contributed by atoms with Crippen molar-refractivity contribution < 1.29 is 4.79 Å². The molecule has 2 aliphatic rings. The van der Waals surface area contributed by atoms with Crippen LogP contribution in [0.1, 0.15) is 13.3 Å². The number of primary amides is 1. The highest BCUT2D eigenvalue weighted by molar-refractivity contribution is 7.18. The van der Waals surface area contributed by atoms with E-state index in [1.807, 2.05) is 4.90 Å². The zero-order valence-electron chi connectivity index (χ0n) is 16.5. The fourth-order valence-corrected chi connectivity index (χ4v) is 4.96. The Kier molecular flexibility index (Phi) is 5.65. The van der Waals surface area contributed by atoms with Gasteiger partial charge in [0.05, 0.1) is 12.6 Å². The van der Waals surface area contributed by atoms with Gasteiger partial charge in [0.25, 0.3) is 0 Å². The molecule has 2 aromatic rings. The number of hydrogen-bond acceptors (Lipinski definition) is 8. The lowest BCUT2D eigenvalue weighted by Crippen LogP contribution is -2.46. The summed E-state index contributed by atoms with van der Waals surface area (Å²) < 4.78 is 0. The van der Waals surface area contributed by atoms with Gasteiger partial charge in [-0.15, -0.1) is 10.2 Å². The molecule has 0 aliphatic carbocycles. The van der Waals surface area contributed by atoms with Gasteiger partial charge in [-0.2, -0.15) is 5.26 Å². The van der Waals surface area contributed by atoms with E-state index < -0.39 is 0 Å². The maximum atomic E-state index is 11.8. The van der Waals surface area contributed by atoms with E-state index in [9.17, 15) is 4.79 Å². The van der Waals surface area contributed by atoms with Crippen molar-refractivity contribution in [3.63, 3.8) is 0 Å². The SMILES string of the molecule is C[C@H]1C[C@@H](C(N)=O)N(c2nnc(-c3ccc(N4CCN(CC#N)CC4)cc3)s2)C1. The predicted octanol–water partition coefficient (Wildman–Crippen LogP) is 1.55. The van der Waals surface area contributed by atoms with Crippen LogP contribution in [-0.2, 0) is 4.79 Å². The minimum Gasteiger partial charge on any atom is -0.369 e. The van der Waals surface area contributed by atoms with Gasteiger partial charge in [0, 0.05) is 44.0 Å². The van der Waals surface area contributed by atoms with Crippen LogP contribution in [-0.4, -0.2) is 66.3 Å². The number of carbonyl (C=O) groups is 1. The van der Waals surface area contributed by atoms with Crippen molar-refractivity contribution in [1.82, 2.24) is 15.1 Å². The van der Waals surface area contributed by atoms with Gasteiger partial charge in [-0.3, -0.25) is 9.69 Å². The first kappa shape index (κ1) is 19.6. The summed E-state index contributed by atoms with van der Waals surface area (Å²) >= 11 is 1.50. The van der Waals surface area contributed by atoms with Gasteiger partial charge >= 0.3 is 0 Å². The molecule has 29 heavy (non-hydrogen) atoms. The number of nitriles is 1. The molecule has 4 rings (SSSR count). The van der Waals surface area contributed by atoms with Gasteiger partial charge in [-0.1, -0.05) is 18.3 Å². The van der Waals surface area contributed by atoms with Crippen molar-refractivity contribution in [1.29, 1.82) is 5.26 Å². The first-order valence-electron chi connectivity index (χ1n) is 9.89. The van der Waals surface area contributed by atoms with Crippen molar-refractivity contribution in [3.8, 4) is 16.6 Å². The third-order valence-corrected chi connectivity index (χ3v) is 6.65. The molecule has 2 aliphatic heterocycles. The number of rotatable bonds is 5. The largest absolute Gasteiger partial charge is 0.369 e. The van der Waals surface area contributed by atoms with Crippen molar-refractivity contribution in [2.24, 2.45) is 11.7 Å². The van der Waals surface area contributed by atoms with Crippen LogP contribution in [0.15, 0.2) is 24.3 Å². The van der Waals surface area contributed by atoms with Crippen LogP contribution in [0.3, 0.4) is 0 Å². The zero-order chi connectivity index (χ0) is 20.4. The number of amides is 1. The molecule has 0 saturated carbocycles. The molecular weight excluding hydrogens is 386 g/mol. The van der Waals surface area contributed by atoms with Crippen LogP contribution in [0, 0.1) is 17.2 Å². The summed E-state index contributed by atoms with van der Waals surface area (Å²) in [5, 5.41) is 19.1. The van der Waals surface area contributed by atoms with E-state index in [1.54, 1.807) is 0 Å². The molecule has 0 radical (unpaired) electrons. The van der Waals surface area contributed by atoms with E-state index >= 15 is 0 Å². The van der Waals surface area contributed by atoms with Crippen molar-refractivity contribution in [2.75, 3.05) is 49.1 Å². The molecule has 2 N–H and O–H groups in total. The van der Waals surface area contributed by atoms with Crippen LogP contribution >= 0.6 is 11.3 Å². The van der Waals surface area contributed by atoms with Crippen molar-refractivity contribution in [2.45, 2.75) is 19.4 Å². The highest BCUT2D eigenvalue weighted by Crippen LogP contribution is 2.35. The Morgan fingerprint density at radius 1 is 1.24 bits per heavy atom. The van der Waals surface area contributed by atoms with Gasteiger partial charge in [-0.05, 0) is 36.6 Å². The van der Waals surface area contributed by atoms with Crippen LogP contribution in [0.2, 0.25) is 0 Å². The Labute approximate surface area is 174 Å². The van der Waals surface area contributed by atoms with Crippen LogP contribution in [0.4, 0.5) is 10.8 Å². The minimum absolute atomic E-state index is 0.298. The lowest BCUT2D eigenvalue weighted by Gasteiger charge is -2.34. The lowest BCUT2D eigenvalue weighted by molar-refractivity contribution is -0.119. The lowest BCUT2D eigenvalue weighted by atomic mass is 10.1. The molecule has 2 atom stereocenters. The normalized spacial score (nSPS) is 22.6. The molecule has 1 aromatic heterocycles. The average molecular weight is 412 g/mol. The highest BCUT2D eigenvalue weighted by Gasteiger charge is 2.35. The third-order valence-electron chi connectivity index (χ3n) is 5.64. The Morgan fingerprint density at radius 2 is 1.97 bits per heavy atom. The molecule has 3 heterocycles. The molecule has 2 fully saturated rings. The summed E-state index contributed by atoms with van der Waals surface area (Å²) in [6.07, 6.45) is 0.764. The molecule has 0 unspecified atom stereocenters. The number of nitrogens with zero attached hydrogens (tertiary/aromatic N) is 6. The van der Waals surface area contributed by atoms with Gasteiger partial charge < -0.3 is 15.5 Å². The summed E-state index contributed by atoms with van der Waals surface area (Å²) in [6, 6.07) is 10.3. The van der Waals surface area contributed by atoms with E-state index in [2.05, 4.69) is 57.3 Å². The number of aromatic nitrogens is 2. The number of hydrogen-bond donors (Lipinski definition) is 1. The minimum atomic E-state index is -0.301. The van der Waals surface area contributed by atoms with Gasteiger partial charge in [0.15, 0.2) is 0 Å². The second-order valence-corrected chi connectivity index (χ2v) is 8.73. The maximum absolute atomic E-state index is 11.8. The quantitative estimate of drug-likeness (QED) is 0.745. The second-order valence-electron chi connectivity index (χ2n) is 7.77. The van der Waals surface area contributed by atoms with Gasteiger partial charge in [0.1, 0.15) is 11.0 Å². The molecule has 1 aromatic carbocycles. The smallest absolute Gasteiger partial charge is 0.240 e. The highest BCUT2D eigenvalue weighted by atomic mass is 32.1. The molecule has 9 heteroatoms. The fraction of sp³-hybridized carbons (Fsp3) is 0.500. The molecule has 2 saturated heterocycles. The first-order valence-corrected chi connectivity index (χ1v) is 10.7. The molecular formula is C20H25N7OS. The Balaban J connectivity index is 1.44. The second kappa shape index (κ2) is 8.35. The van der Waals surface area contributed by atoms with Crippen molar-refractivity contribution in [3.05, 3.63) is 24.3 Å². The summed E-state index contributed by atoms with van der Waals surface area (Å²) in [5.41, 5.74) is 7.77. The number of benzene rings is 1. The maximum Gasteiger partial charge on any atom is 0.240 e.